The van der Waals surface area contributed by atoms with E-state index < -0.39 is 10.0 Å². The van der Waals surface area contributed by atoms with Gasteiger partial charge >= 0.3 is 0 Å². The predicted octanol–water partition coefficient (Wildman–Crippen LogP) is 1.83. The highest BCUT2D eigenvalue weighted by atomic mass is 35.5. The van der Waals surface area contributed by atoms with Crippen molar-refractivity contribution < 1.29 is 18.1 Å². The zero-order valence-electron chi connectivity index (χ0n) is 15.4. The van der Waals surface area contributed by atoms with Gasteiger partial charge in [0, 0.05) is 5.02 Å². The van der Waals surface area contributed by atoms with Gasteiger partial charge in [0.15, 0.2) is 6.54 Å². The molecule has 1 aliphatic rings. The third-order valence-corrected chi connectivity index (χ3v) is 7.16. The Morgan fingerprint density at radius 3 is 2.36 bits per heavy atom. The summed E-state index contributed by atoms with van der Waals surface area (Å²) in [6.07, 6.45) is 0. The topological polar surface area (TPSA) is 70.9 Å². The number of benzene rings is 2. The number of carbonyl (C=O) groups excluding carboxylic acids is 1. The fraction of sp³-hybridized carbons (Fsp3) is 0.316. The maximum absolute atomic E-state index is 12.7. The summed E-state index contributed by atoms with van der Waals surface area (Å²) >= 11 is 11.9. The minimum Gasteiger partial charge on any atom is -0.325 e. The number of anilines is 1. The first-order valence-electron chi connectivity index (χ1n) is 8.91. The van der Waals surface area contributed by atoms with Gasteiger partial charge in [0.1, 0.15) is 0 Å². The zero-order chi connectivity index (χ0) is 20.3. The molecule has 3 rings (SSSR count). The fourth-order valence-electron chi connectivity index (χ4n) is 3.09. The van der Waals surface area contributed by atoms with Crippen LogP contribution in [0.5, 0.6) is 0 Å². The van der Waals surface area contributed by atoms with Crippen molar-refractivity contribution in [1.29, 1.82) is 0 Å². The summed E-state index contributed by atoms with van der Waals surface area (Å²) < 4.78 is 27.0. The smallest absolute Gasteiger partial charge is 0.279 e. The molecule has 1 heterocycles. The largest absolute Gasteiger partial charge is 0.325 e. The van der Waals surface area contributed by atoms with Gasteiger partial charge in [-0.25, -0.2) is 8.42 Å². The van der Waals surface area contributed by atoms with Gasteiger partial charge < -0.3 is 10.2 Å². The van der Waals surface area contributed by atoms with Crippen LogP contribution in [0, 0.1) is 6.92 Å². The Bertz CT molecular complexity index is 957. The summed E-state index contributed by atoms with van der Waals surface area (Å²) in [5.41, 5.74) is 1.52. The van der Waals surface area contributed by atoms with E-state index in [1.807, 2.05) is 6.92 Å². The minimum absolute atomic E-state index is 0.172. The second-order valence-electron chi connectivity index (χ2n) is 6.82. The van der Waals surface area contributed by atoms with E-state index in [-0.39, 0.29) is 12.5 Å². The van der Waals surface area contributed by atoms with E-state index >= 15 is 0 Å². The standard InChI is InChI=1S/C19H21Cl2N3O3S/c1-14-2-5-16(6-3-14)28(26,27)24-10-8-23(9-11-24)13-19(25)22-18-7-4-15(20)12-17(18)21/h2-7,12H,8-11,13H2,1H3,(H,22,25)/p+1. The molecule has 9 heteroatoms. The van der Waals surface area contributed by atoms with Crippen LogP contribution in [0.2, 0.25) is 10.0 Å². The molecule has 150 valence electrons. The molecule has 2 N–H and O–H groups in total. The normalized spacial score (nSPS) is 16.1. The second kappa shape index (κ2) is 8.80. The lowest BCUT2D eigenvalue weighted by Crippen LogP contribution is -3.15. The number of hydrogen-bond donors (Lipinski definition) is 2. The highest BCUT2D eigenvalue weighted by Crippen LogP contribution is 2.25. The number of nitrogens with zero attached hydrogens (tertiary/aromatic N) is 1. The van der Waals surface area contributed by atoms with Crippen molar-refractivity contribution in [1.82, 2.24) is 4.31 Å². The Balaban J connectivity index is 1.55. The number of sulfonamides is 1. The molecule has 2 aromatic carbocycles. The number of aryl methyl sites for hydroxylation is 1. The first-order chi connectivity index (χ1) is 13.3. The Morgan fingerprint density at radius 2 is 1.75 bits per heavy atom. The maximum atomic E-state index is 12.7. The molecule has 28 heavy (non-hydrogen) atoms. The SMILES string of the molecule is Cc1ccc(S(=O)(=O)N2CC[NH+](CC(=O)Nc3ccc(Cl)cc3Cl)CC2)cc1. The molecule has 1 amide bonds. The van der Waals surface area contributed by atoms with Crippen molar-refractivity contribution in [2.24, 2.45) is 0 Å². The Kier molecular flexibility index (Phi) is 6.62. The molecule has 2 aromatic rings. The average molecular weight is 443 g/mol. The maximum Gasteiger partial charge on any atom is 0.279 e. The van der Waals surface area contributed by atoms with Crippen molar-refractivity contribution in [3.8, 4) is 0 Å². The van der Waals surface area contributed by atoms with E-state index in [1.165, 1.54) is 4.31 Å². The van der Waals surface area contributed by atoms with Crippen LogP contribution in [0.15, 0.2) is 47.4 Å². The Morgan fingerprint density at radius 1 is 1.11 bits per heavy atom. The van der Waals surface area contributed by atoms with Gasteiger partial charge in [-0.2, -0.15) is 4.31 Å². The molecule has 0 radical (unpaired) electrons. The molecule has 1 fully saturated rings. The van der Waals surface area contributed by atoms with Crippen LogP contribution in [0.3, 0.4) is 0 Å². The van der Waals surface area contributed by atoms with Crippen molar-refractivity contribution in [2.45, 2.75) is 11.8 Å². The highest BCUT2D eigenvalue weighted by Gasteiger charge is 2.31. The summed E-state index contributed by atoms with van der Waals surface area (Å²) in [5.74, 6) is -0.172. The highest BCUT2D eigenvalue weighted by molar-refractivity contribution is 7.89. The Hall–Kier alpha value is -1.64. The number of hydrogen-bond acceptors (Lipinski definition) is 3. The van der Waals surface area contributed by atoms with Gasteiger partial charge in [-0.3, -0.25) is 4.79 Å². The third kappa shape index (κ3) is 5.04. The third-order valence-electron chi connectivity index (χ3n) is 4.70. The molecule has 0 atom stereocenters. The molecule has 0 aliphatic carbocycles. The summed E-state index contributed by atoms with van der Waals surface area (Å²) in [6, 6.07) is 11.7. The summed E-state index contributed by atoms with van der Waals surface area (Å²) in [7, 11) is -3.50. The van der Waals surface area contributed by atoms with Gasteiger partial charge in [0.2, 0.25) is 10.0 Å². The minimum atomic E-state index is -3.50. The fourth-order valence-corrected chi connectivity index (χ4v) is 4.99. The predicted molar refractivity (Wildman–Crippen MR) is 111 cm³/mol. The number of nitrogens with one attached hydrogen (secondary N) is 2. The number of rotatable bonds is 5. The lowest BCUT2D eigenvalue weighted by Gasteiger charge is -2.31. The molecular formula is C19H22Cl2N3O3S+. The van der Waals surface area contributed by atoms with Gasteiger partial charge in [0.05, 0.1) is 41.8 Å². The molecule has 0 unspecified atom stereocenters. The number of piperazine rings is 1. The number of halogens is 2. The van der Waals surface area contributed by atoms with Gasteiger partial charge in [-0.05, 0) is 37.3 Å². The molecule has 0 spiro atoms. The molecule has 0 aromatic heterocycles. The summed E-state index contributed by atoms with van der Waals surface area (Å²) in [4.78, 5) is 13.6. The number of amides is 1. The first kappa shape index (κ1) is 21.1. The number of quaternary nitrogens is 1. The van der Waals surface area contributed by atoms with E-state index in [2.05, 4.69) is 5.32 Å². The zero-order valence-corrected chi connectivity index (χ0v) is 17.7. The van der Waals surface area contributed by atoms with Crippen LogP contribution < -0.4 is 10.2 Å². The van der Waals surface area contributed by atoms with E-state index in [0.29, 0.717) is 46.8 Å². The van der Waals surface area contributed by atoms with E-state index in [4.69, 9.17) is 23.2 Å². The van der Waals surface area contributed by atoms with Crippen LogP contribution in [-0.2, 0) is 14.8 Å². The molecule has 0 bridgehead atoms. The average Bonchev–Trinajstić information content (AvgIpc) is 2.65. The van der Waals surface area contributed by atoms with Gasteiger partial charge in [0.25, 0.3) is 5.91 Å². The van der Waals surface area contributed by atoms with Crippen LogP contribution in [0.4, 0.5) is 5.69 Å². The Labute approximate surface area is 175 Å². The molecule has 1 aliphatic heterocycles. The van der Waals surface area contributed by atoms with Crippen molar-refractivity contribution in [3.63, 3.8) is 0 Å². The second-order valence-corrected chi connectivity index (χ2v) is 9.60. The molecule has 1 saturated heterocycles. The van der Waals surface area contributed by atoms with Crippen LogP contribution in [0.25, 0.3) is 0 Å². The van der Waals surface area contributed by atoms with Crippen LogP contribution in [-0.4, -0.2) is 51.4 Å². The van der Waals surface area contributed by atoms with Gasteiger partial charge in [-0.1, -0.05) is 40.9 Å². The lowest BCUT2D eigenvalue weighted by molar-refractivity contribution is -0.895. The molecule has 0 saturated carbocycles. The summed E-state index contributed by atoms with van der Waals surface area (Å²) in [6.45, 7) is 4.04. The number of carbonyl (C=O) groups is 1. The van der Waals surface area contributed by atoms with Crippen LogP contribution >= 0.6 is 23.2 Å². The summed E-state index contributed by atoms with van der Waals surface area (Å²) in [5, 5.41) is 3.65. The van der Waals surface area contributed by atoms with E-state index in [9.17, 15) is 13.2 Å². The quantitative estimate of drug-likeness (QED) is 0.741. The van der Waals surface area contributed by atoms with Crippen LogP contribution in [0.1, 0.15) is 5.56 Å². The lowest BCUT2D eigenvalue weighted by atomic mass is 10.2. The first-order valence-corrected chi connectivity index (χ1v) is 11.1. The van der Waals surface area contributed by atoms with E-state index in [1.54, 1.807) is 42.5 Å². The van der Waals surface area contributed by atoms with Crippen molar-refractivity contribution in [2.75, 3.05) is 38.0 Å². The monoisotopic (exact) mass is 442 g/mol. The van der Waals surface area contributed by atoms with Crippen molar-refractivity contribution >= 4 is 44.8 Å². The molecule has 6 nitrogen and oxygen atoms in total. The van der Waals surface area contributed by atoms with Crippen molar-refractivity contribution in [3.05, 3.63) is 58.1 Å². The molecular weight excluding hydrogens is 421 g/mol. The van der Waals surface area contributed by atoms with Gasteiger partial charge in [-0.15, -0.1) is 0 Å². The van der Waals surface area contributed by atoms with E-state index in [0.717, 1.165) is 10.5 Å².